The molecular formula is C15H28N2O. The lowest BCUT2D eigenvalue weighted by atomic mass is 9.75. The Labute approximate surface area is 111 Å². The third kappa shape index (κ3) is 2.89. The fraction of sp³-hybridized carbons (Fsp3) is 1.00. The minimum absolute atomic E-state index is 0.327. The van der Waals surface area contributed by atoms with E-state index in [0.29, 0.717) is 12.0 Å². The first-order valence-electron chi connectivity index (χ1n) is 7.88. The average Bonchev–Trinajstić information content (AvgIpc) is 2.92. The molecule has 3 fully saturated rings. The highest BCUT2D eigenvalue weighted by Crippen LogP contribution is 2.36. The van der Waals surface area contributed by atoms with E-state index >= 15 is 0 Å². The molecule has 0 aromatic heterocycles. The third-order valence-electron chi connectivity index (χ3n) is 5.41. The topological polar surface area (TPSA) is 38.5 Å². The molecule has 0 spiro atoms. The van der Waals surface area contributed by atoms with E-state index in [1.807, 2.05) is 0 Å². The van der Waals surface area contributed by atoms with Crippen LogP contribution in [0.4, 0.5) is 0 Å². The lowest BCUT2D eigenvalue weighted by Gasteiger charge is -2.42. The standard InChI is InChI=1S/C15H28N2O/c16-15(14-6-8-18-11-14)10-17-7-5-12-3-1-2-4-13(12)9-17/h12-15H,1-11,16H2. The van der Waals surface area contributed by atoms with Gasteiger partial charge in [-0.05, 0) is 37.6 Å². The quantitative estimate of drug-likeness (QED) is 0.833. The lowest BCUT2D eigenvalue weighted by molar-refractivity contribution is 0.0766. The van der Waals surface area contributed by atoms with E-state index in [9.17, 15) is 0 Å². The van der Waals surface area contributed by atoms with Crippen molar-refractivity contribution >= 4 is 0 Å². The molecule has 0 aromatic carbocycles. The molecule has 0 bridgehead atoms. The number of likely N-dealkylation sites (tertiary alicyclic amines) is 1. The number of rotatable bonds is 3. The van der Waals surface area contributed by atoms with Gasteiger partial charge >= 0.3 is 0 Å². The summed E-state index contributed by atoms with van der Waals surface area (Å²) in [7, 11) is 0. The molecule has 4 unspecified atom stereocenters. The van der Waals surface area contributed by atoms with Gasteiger partial charge in [0.1, 0.15) is 0 Å². The van der Waals surface area contributed by atoms with Crippen LogP contribution in [0.3, 0.4) is 0 Å². The van der Waals surface area contributed by atoms with Gasteiger partial charge in [0.15, 0.2) is 0 Å². The normalized spacial score (nSPS) is 39.5. The van der Waals surface area contributed by atoms with Gasteiger partial charge < -0.3 is 15.4 Å². The molecule has 18 heavy (non-hydrogen) atoms. The second-order valence-electron chi connectivity index (χ2n) is 6.64. The molecule has 2 saturated heterocycles. The van der Waals surface area contributed by atoms with Crippen LogP contribution in [0.1, 0.15) is 38.5 Å². The SMILES string of the molecule is NC(CN1CCC2CCCCC2C1)C1CCOC1. The summed E-state index contributed by atoms with van der Waals surface area (Å²) in [5.41, 5.74) is 6.36. The molecule has 0 aromatic rings. The molecule has 3 aliphatic rings. The van der Waals surface area contributed by atoms with Crippen LogP contribution in [0, 0.1) is 17.8 Å². The highest BCUT2D eigenvalue weighted by Gasteiger charge is 2.32. The molecule has 3 nitrogen and oxygen atoms in total. The molecule has 104 valence electrons. The van der Waals surface area contributed by atoms with Gasteiger partial charge in [-0.2, -0.15) is 0 Å². The van der Waals surface area contributed by atoms with E-state index in [1.165, 1.54) is 51.6 Å². The molecule has 4 atom stereocenters. The van der Waals surface area contributed by atoms with Crippen molar-refractivity contribution in [3.63, 3.8) is 0 Å². The summed E-state index contributed by atoms with van der Waals surface area (Å²) in [6, 6.07) is 0.327. The number of nitrogens with zero attached hydrogens (tertiary/aromatic N) is 1. The number of hydrogen-bond acceptors (Lipinski definition) is 3. The first-order chi connectivity index (χ1) is 8.83. The Hall–Kier alpha value is -0.120. The Balaban J connectivity index is 1.48. The minimum atomic E-state index is 0.327. The molecule has 2 N–H and O–H groups in total. The van der Waals surface area contributed by atoms with Crippen molar-refractivity contribution in [1.82, 2.24) is 4.90 Å². The van der Waals surface area contributed by atoms with E-state index in [2.05, 4.69) is 4.90 Å². The van der Waals surface area contributed by atoms with Gasteiger partial charge in [-0.15, -0.1) is 0 Å². The largest absolute Gasteiger partial charge is 0.381 e. The molecule has 0 radical (unpaired) electrons. The van der Waals surface area contributed by atoms with Crippen LogP contribution in [0.2, 0.25) is 0 Å². The first-order valence-corrected chi connectivity index (χ1v) is 7.88. The number of ether oxygens (including phenoxy) is 1. The summed E-state index contributed by atoms with van der Waals surface area (Å²) in [5.74, 6) is 2.61. The second-order valence-corrected chi connectivity index (χ2v) is 6.64. The molecule has 1 aliphatic carbocycles. The van der Waals surface area contributed by atoms with Crippen molar-refractivity contribution in [3.8, 4) is 0 Å². The maximum absolute atomic E-state index is 6.36. The molecule has 3 rings (SSSR count). The van der Waals surface area contributed by atoms with Crippen molar-refractivity contribution in [1.29, 1.82) is 0 Å². The lowest BCUT2D eigenvalue weighted by Crippen LogP contribution is -2.48. The summed E-state index contributed by atoms with van der Waals surface area (Å²) in [6.07, 6.45) is 8.46. The van der Waals surface area contributed by atoms with E-state index in [0.717, 1.165) is 31.6 Å². The Kier molecular flexibility index (Phi) is 4.22. The molecule has 0 amide bonds. The number of fused-ring (bicyclic) bond motifs is 1. The Morgan fingerprint density at radius 3 is 2.72 bits per heavy atom. The predicted octanol–water partition coefficient (Wildman–Crippen LogP) is 1.86. The highest BCUT2D eigenvalue weighted by atomic mass is 16.5. The van der Waals surface area contributed by atoms with Crippen LogP contribution < -0.4 is 5.73 Å². The fourth-order valence-electron chi connectivity index (χ4n) is 4.18. The minimum Gasteiger partial charge on any atom is -0.381 e. The van der Waals surface area contributed by atoms with Gasteiger partial charge in [0.25, 0.3) is 0 Å². The van der Waals surface area contributed by atoms with Crippen LogP contribution >= 0.6 is 0 Å². The summed E-state index contributed by atoms with van der Waals surface area (Å²) in [6.45, 7) is 5.50. The monoisotopic (exact) mass is 252 g/mol. The van der Waals surface area contributed by atoms with Gasteiger partial charge in [0, 0.05) is 31.7 Å². The van der Waals surface area contributed by atoms with Crippen LogP contribution in [0.25, 0.3) is 0 Å². The molecular weight excluding hydrogens is 224 g/mol. The van der Waals surface area contributed by atoms with Crippen molar-refractivity contribution in [2.24, 2.45) is 23.5 Å². The van der Waals surface area contributed by atoms with E-state index < -0.39 is 0 Å². The zero-order valence-corrected chi connectivity index (χ0v) is 11.5. The Morgan fingerprint density at radius 2 is 1.94 bits per heavy atom. The number of piperidine rings is 1. The van der Waals surface area contributed by atoms with Crippen molar-refractivity contribution in [3.05, 3.63) is 0 Å². The fourth-order valence-corrected chi connectivity index (χ4v) is 4.18. The zero-order chi connectivity index (χ0) is 12.4. The smallest absolute Gasteiger partial charge is 0.0510 e. The van der Waals surface area contributed by atoms with Crippen LogP contribution in [0.5, 0.6) is 0 Å². The van der Waals surface area contributed by atoms with Gasteiger partial charge in [-0.25, -0.2) is 0 Å². The Morgan fingerprint density at radius 1 is 1.11 bits per heavy atom. The zero-order valence-electron chi connectivity index (χ0n) is 11.5. The van der Waals surface area contributed by atoms with Gasteiger partial charge in [0.05, 0.1) is 6.61 Å². The summed E-state index contributed by atoms with van der Waals surface area (Å²) in [4.78, 5) is 2.63. The summed E-state index contributed by atoms with van der Waals surface area (Å²) in [5, 5.41) is 0. The van der Waals surface area contributed by atoms with E-state index in [-0.39, 0.29) is 0 Å². The highest BCUT2D eigenvalue weighted by molar-refractivity contribution is 4.86. The van der Waals surface area contributed by atoms with Gasteiger partial charge in [0.2, 0.25) is 0 Å². The van der Waals surface area contributed by atoms with Crippen LogP contribution in [-0.4, -0.2) is 43.8 Å². The molecule has 2 heterocycles. The molecule has 2 aliphatic heterocycles. The molecule has 1 saturated carbocycles. The first kappa shape index (κ1) is 12.9. The number of hydrogen-bond donors (Lipinski definition) is 1. The van der Waals surface area contributed by atoms with Crippen molar-refractivity contribution in [2.75, 3.05) is 32.8 Å². The maximum Gasteiger partial charge on any atom is 0.0510 e. The summed E-state index contributed by atoms with van der Waals surface area (Å²) < 4.78 is 5.45. The van der Waals surface area contributed by atoms with Gasteiger partial charge in [-0.3, -0.25) is 0 Å². The van der Waals surface area contributed by atoms with E-state index in [4.69, 9.17) is 10.5 Å². The van der Waals surface area contributed by atoms with Crippen molar-refractivity contribution in [2.45, 2.75) is 44.6 Å². The van der Waals surface area contributed by atoms with Crippen LogP contribution in [-0.2, 0) is 4.74 Å². The summed E-state index contributed by atoms with van der Waals surface area (Å²) >= 11 is 0. The molecule has 3 heteroatoms. The van der Waals surface area contributed by atoms with Gasteiger partial charge in [-0.1, -0.05) is 19.3 Å². The predicted molar refractivity (Wildman–Crippen MR) is 73.4 cm³/mol. The maximum atomic E-state index is 6.36. The third-order valence-corrected chi connectivity index (χ3v) is 5.41. The second kappa shape index (κ2) is 5.89. The van der Waals surface area contributed by atoms with Crippen LogP contribution in [0.15, 0.2) is 0 Å². The van der Waals surface area contributed by atoms with E-state index in [1.54, 1.807) is 0 Å². The van der Waals surface area contributed by atoms with Crippen molar-refractivity contribution < 1.29 is 4.74 Å². The average molecular weight is 252 g/mol. The Bertz CT molecular complexity index is 265. The number of nitrogens with two attached hydrogens (primary N) is 1.